The van der Waals surface area contributed by atoms with Crippen molar-refractivity contribution in [2.45, 2.75) is 18.9 Å². The maximum Gasteiger partial charge on any atom is 0.320 e. The van der Waals surface area contributed by atoms with Crippen molar-refractivity contribution in [3.05, 3.63) is 23.5 Å². The van der Waals surface area contributed by atoms with Gasteiger partial charge in [-0.1, -0.05) is 0 Å². The van der Waals surface area contributed by atoms with Gasteiger partial charge in [0.15, 0.2) is 0 Å². The van der Waals surface area contributed by atoms with Crippen molar-refractivity contribution in [1.82, 2.24) is 4.98 Å². The van der Waals surface area contributed by atoms with Gasteiger partial charge in [0.25, 0.3) is 0 Å². The molecular formula is C10H13FN2O3. The number of carboxylic acid groups (broad SMARTS) is 1. The van der Waals surface area contributed by atoms with Crippen molar-refractivity contribution in [2.75, 3.05) is 6.67 Å². The Bertz CT molecular complexity index is 384. The van der Waals surface area contributed by atoms with Crippen molar-refractivity contribution >= 4 is 5.97 Å². The molecule has 1 aromatic rings. The first-order chi connectivity index (χ1) is 7.54. The number of aliphatic carboxylic acids is 1. The van der Waals surface area contributed by atoms with E-state index in [2.05, 4.69) is 4.98 Å². The lowest BCUT2D eigenvalue weighted by Gasteiger charge is -2.10. The van der Waals surface area contributed by atoms with Crippen molar-refractivity contribution in [1.29, 1.82) is 0 Å². The van der Waals surface area contributed by atoms with Gasteiger partial charge in [0.2, 0.25) is 0 Å². The third kappa shape index (κ3) is 3.16. The summed E-state index contributed by atoms with van der Waals surface area (Å²) in [5.41, 5.74) is 6.25. The smallest absolute Gasteiger partial charge is 0.320 e. The molecular weight excluding hydrogens is 215 g/mol. The second-order valence-electron chi connectivity index (χ2n) is 3.39. The van der Waals surface area contributed by atoms with Crippen LogP contribution in [0.1, 0.15) is 11.3 Å². The van der Waals surface area contributed by atoms with Gasteiger partial charge in [-0.3, -0.25) is 14.2 Å². The Kier molecular flexibility index (Phi) is 4.19. The Morgan fingerprint density at radius 1 is 1.62 bits per heavy atom. The third-order valence-corrected chi connectivity index (χ3v) is 2.13. The Labute approximate surface area is 91.7 Å². The van der Waals surface area contributed by atoms with E-state index in [0.29, 0.717) is 11.3 Å². The van der Waals surface area contributed by atoms with E-state index in [1.54, 1.807) is 0 Å². The summed E-state index contributed by atoms with van der Waals surface area (Å²) in [5, 5.41) is 17.9. The molecule has 0 bridgehead atoms. The number of carboxylic acids is 1. The molecule has 1 aromatic heterocycles. The average Bonchev–Trinajstić information content (AvgIpc) is 2.22. The van der Waals surface area contributed by atoms with Gasteiger partial charge in [-0.2, -0.15) is 0 Å². The molecule has 88 valence electrons. The fraction of sp³-hybridized carbons (Fsp3) is 0.400. The molecule has 0 saturated heterocycles. The van der Waals surface area contributed by atoms with E-state index in [1.807, 2.05) is 0 Å². The zero-order chi connectivity index (χ0) is 12.1. The van der Waals surface area contributed by atoms with Crippen LogP contribution < -0.4 is 5.73 Å². The standard InChI is InChI=1S/C10H13FN2O3/c11-2-1-9-6(3-7(14)5-13-9)4-8(12)10(15)16/h3,5,8,14H,1-2,4,12H2,(H,15,16). The van der Waals surface area contributed by atoms with E-state index in [4.69, 9.17) is 10.8 Å². The third-order valence-electron chi connectivity index (χ3n) is 2.13. The quantitative estimate of drug-likeness (QED) is 0.671. The SMILES string of the molecule is NC(Cc1cc(O)cnc1CCF)C(=O)O. The number of nitrogens with zero attached hydrogens (tertiary/aromatic N) is 1. The second-order valence-corrected chi connectivity index (χ2v) is 3.39. The molecule has 0 saturated carbocycles. The van der Waals surface area contributed by atoms with Crippen LogP contribution in [0.3, 0.4) is 0 Å². The molecule has 1 atom stereocenters. The molecule has 16 heavy (non-hydrogen) atoms. The zero-order valence-electron chi connectivity index (χ0n) is 8.56. The predicted molar refractivity (Wildman–Crippen MR) is 54.9 cm³/mol. The summed E-state index contributed by atoms with van der Waals surface area (Å²) in [5.74, 6) is -1.23. The Morgan fingerprint density at radius 2 is 2.31 bits per heavy atom. The van der Waals surface area contributed by atoms with Gasteiger partial charge < -0.3 is 15.9 Å². The van der Waals surface area contributed by atoms with E-state index in [1.165, 1.54) is 12.3 Å². The van der Waals surface area contributed by atoms with Crippen LogP contribution in [0.2, 0.25) is 0 Å². The summed E-state index contributed by atoms with van der Waals surface area (Å²) in [4.78, 5) is 14.4. The largest absolute Gasteiger partial charge is 0.506 e. The average molecular weight is 228 g/mol. The first-order valence-electron chi connectivity index (χ1n) is 4.75. The Morgan fingerprint density at radius 3 is 2.88 bits per heavy atom. The van der Waals surface area contributed by atoms with E-state index in [9.17, 15) is 14.3 Å². The number of aromatic nitrogens is 1. The molecule has 5 nitrogen and oxygen atoms in total. The lowest BCUT2D eigenvalue weighted by molar-refractivity contribution is -0.138. The van der Waals surface area contributed by atoms with E-state index in [0.717, 1.165) is 0 Å². The molecule has 1 rings (SSSR count). The summed E-state index contributed by atoms with van der Waals surface area (Å²) in [6.45, 7) is -0.590. The molecule has 6 heteroatoms. The molecule has 0 aliphatic rings. The topological polar surface area (TPSA) is 96.4 Å². The number of nitrogens with two attached hydrogens (primary N) is 1. The highest BCUT2D eigenvalue weighted by atomic mass is 19.1. The summed E-state index contributed by atoms with van der Waals surface area (Å²) < 4.78 is 12.2. The van der Waals surface area contributed by atoms with Crippen LogP contribution in [0.15, 0.2) is 12.3 Å². The molecule has 0 amide bonds. The molecule has 0 spiro atoms. The van der Waals surface area contributed by atoms with Crippen LogP contribution in [0, 0.1) is 0 Å². The highest BCUT2D eigenvalue weighted by Crippen LogP contribution is 2.16. The minimum absolute atomic E-state index is 0.0199. The highest BCUT2D eigenvalue weighted by Gasteiger charge is 2.15. The minimum atomic E-state index is -1.14. The molecule has 0 radical (unpaired) electrons. The van der Waals surface area contributed by atoms with Crippen molar-refractivity contribution in [3.8, 4) is 5.75 Å². The zero-order valence-corrected chi connectivity index (χ0v) is 8.56. The molecule has 0 fully saturated rings. The maximum absolute atomic E-state index is 12.2. The lowest BCUT2D eigenvalue weighted by Crippen LogP contribution is -2.32. The van der Waals surface area contributed by atoms with E-state index >= 15 is 0 Å². The number of aryl methyl sites for hydroxylation is 1. The van der Waals surface area contributed by atoms with Crippen molar-refractivity contribution in [2.24, 2.45) is 5.73 Å². The summed E-state index contributed by atoms with van der Waals surface area (Å²) in [6.07, 6.45) is 1.30. The molecule has 4 N–H and O–H groups in total. The van der Waals surface area contributed by atoms with Crippen LogP contribution in [-0.4, -0.2) is 33.9 Å². The Balaban J connectivity index is 2.91. The molecule has 1 heterocycles. The monoisotopic (exact) mass is 228 g/mol. The number of alkyl halides is 1. The first kappa shape index (κ1) is 12.4. The number of rotatable bonds is 5. The maximum atomic E-state index is 12.2. The van der Waals surface area contributed by atoms with Gasteiger partial charge in [0.05, 0.1) is 12.9 Å². The van der Waals surface area contributed by atoms with Gasteiger partial charge in [0, 0.05) is 18.5 Å². The van der Waals surface area contributed by atoms with Gasteiger partial charge in [0.1, 0.15) is 11.8 Å². The first-order valence-corrected chi connectivity index (χ1v) is 4.75. The van der Waals surface area contributed by atoms with Crippen molar-refractivity contribution < 1.29 is 19.4 Å². The second kappa shape index (κ2) is 5.41. The van der Waals surface area contributed by atoms with Crippen LogP contribution in [0.4, 0.5) is 4.39 Å². The lowest BCUT2D eigenvalue weighted by atomic mass is 10.0. The molecule has 0 aliphatic heterocycles. The van der Waals surface area contributed by atoms with Gasteiger partial charge in [-0.15, -0.1) is 0 Å². The van der Waals surface area contributed by atoms with Gasteiger partial charge in [-0.25, -0.2) is 0 Å². The van der Waals surface area contributed by atoms with Crippen LogP contribution in [0.25, 0.3) is 0 Å². The van der Waals surface area contributed by atoms with Gasteiger partial charge >= 0.3 is 5.97 Å². The van der Waals surface area contributed by atoms with Crippen molar-refractivity contribution in [3.63, 3.8) is 0 Å². The Hall–Kier alpha value is -1.69. The number of carbonyl (C=O) groups is 1. The molecule has 1 unspecified atom stereocenters. The normalized spacial score (nSPS) is 12.4. The van der Waals surface area contributed by atoms with E-state index in [-0.39, 0.29) is 18.6 Å². The fourth-order valence-electron chi connectivity index (χ4n) is 1.34. The molecule has 0 aliphatic carbocycles. The van der Waals surface area contributed by atoms with Crippen LogP contribution in [-0.2, 0) is 17.6 Å². The van der Waals surface area contributed by atoms with E-state index < -0.39 is 18.7 Å². The number of hydrogen-bond acceptors (Lipinski definition) is 4. The highest BCUT2D eigenvalue weighted by molar-refractivity contribution is 5.73. The summed E-state index contributed by atoms with van der Waals surface area (Å²) >= 11 is 0. The number of aromatic hydroxyl groups is 1. The fourth-order valence-corrected chi connectivity index (χ4v) is 1.34. The molecule has 0 aromatic carbocycles. The van der Waals surface area contributed by atoms with Crippen LogP contribution >= 0.6 is 0 Å². The summed E-state index contributed by atoms with van der Waals surface area (Å²) in [7, 11) is 0. The number of halogens is 1. The number of hydrogen-bond donors (Lipinski definition) is 3. The van der Waals surface area contributed by atoms with Crippen LogP contribution in [0.5, 0.6) is 5.75 Å². The summed E-state index contributed by atoms with van der Waals surface area (Å²) in [6, 6.07) is 0.280. The minimum Gasteiger partial charge on any atom is -0.506 e. The predicted octanol–water partition coefficient (Wildman–Crippen LogP) is 0.254. The number of pyridine rings is 1. The van der Waals surface area contributed by atoms with Gasteiger partial charge in [-0.05, 0) is 11.6 Å².